The number of carbonyl (C=O) groups is 1. The Morgan fingerprint density at radius 1 is 1.12 bits per heavy atom. The number of hydrogen-bond donors (Lipinski definition) is 1. The van der Waals surface area contributed by atoms with Crippen molar-refractivity contribution in [3.63, 3.8) is 0 Å². The summed E-state index contributed by atoms with van der Waals surface area (Å²) in [6.07, 6.45) is 7.85. The molecule has 1 aromatic heterocycles. The number of nitrogens with one attached hydrogen (secondary N) is 1. The predicted octanol–water partition coefficient (Wildman–Crippen LogP) is 3.94. The van der Waals surface area contributed by atoms with Gasteiger partial charge in [-0.3, -0.25) is 4.79 Å². The van der Waals surface area contributed by atoms with Gasteiger partial charge in [0.25, 0.3) is 0 Å². The Kier molecular flexibility index (Phi) is 7.17. The maximum Gasteiger partial charge on any atom is 0.244 e. The lowest BCUT2D eigenvalue weighted by molar-refractivity contribution is -0.126. The van der Waals surface area contributed by atoms with Crippen molar-refractivity contribution in [1.82, 2.24) is 19.8 Å². The van der Waals surface area contributed by atoms with Crippen LogP contribution in [0.25, 0.3) is 11.4 Å². The second kappa shape index (κ2) is 9.89. The molecule has 2 aromatic rings. The molecule has 1 aliphatic carbocycles. The first-order valence-corrected chi connectivity index (χ1v) is 13.1. The van der Waals surface area contributed by atoms with Gasteiger partial charge in [-0.05, 0) is 43.9 Å². The van der Waals surface area contributed by atoms with Crippen molar-refractivity contribution in [2.45, 2.75) is 69.2 Å². The molecule has 2 fully saturated rings. The van der Waals surface area contributed by atoms with Gasteiger partial charge >= 0.3 is 0 Å². The molecule has 0 radical (unpaired) electrons. The normalized spacial score (nSPS) is 19.6. The zero-order valence-corrected chi connectivity index (χ0v) is 19.8. The van der Waals surface area contributed by atoms with Crippen molar-refractivity contribution in [2.24, 2.45) is 5.92 Å². The molecule has 174 valence electrons. The highest BCUT2D eigenvalue weighted by Gasteiger charge is 2.34. The first kappa shape index (κ1) is 23.2. The lowest BCUT2D eigenvalue weighted by atomic mass is 9.96. The smallest absolute Gasteiger partial charge is 0.244 e. The van der Waals surface area contributed by atoms with Crippen molar-refractivity contribution in [1.29, 1.82) is 0 Å². The van der Waals surface area contributed by atoms with Crippen LogP contribution in [0.15, 0.2) is 27.6 Å². The lowest BCUT2D eigenvalue weighted by Gasteiger charge is -2.31. The third kappa shape index (κ3) is 5.15. The van der Waals surface area contributed by atoms with E-state index in [4.69, 9.17) is 16.1 Å². The van der Waals surface area contributed by atoms with E-state index in [1.165, 1.54) is 29.3 Å². The van der Waals surface area contributed by atoms with Crippen LogP contribution in [0, 0.1) is 12.8 Å². The molecule has 0 bridgehead atoms. The summed E-state index contributed by atoms with van der Waals surface area (Å²) in [5.74, 6) is 0.600. The van der Waals surface area contributed by atoms with Crippen LogP contribution >= 0.6 is 11.6 Å². The van der Waals surface area contributed by atoms with E-state index in [9.17, 15) is 13.2 Å². The summed E-state index contributed by atoms with van der Waals surface area (Å²) in [6, 6.07) is 4.92. The fourth-order valence-electron chi connectivity index (χ4n) is 4.50. The van der Waals surface area contributed by atoms with E-state index in [0.29, 0.717) is 30.1 Å². The molecule has 1 amide bonds. The molecule has 1 N–H and O–H groups in total. The number of sulfonamides is 1. The molecule has 2 heterocycles. The van der Waals surface area contributed by atoms with Crippen LogP contribution < -0.4 is 5.32 Å². The van der Waals surface area contributed by atoms with Gasteiger partial charge in [0.1, 0.15) is 4.90 Å². The van der Waals surface area contributed by atoms with Crippen molar-refractivity contribution in [2.75, 3.05) is 13.1 Å². The molecule has 2 aliphatic rings. The molecular formula is C22H29ClN4O4S. The number of rotatable bonds is 5. The van der Waals surface area contributed by atoms with Gasteiger partial charge in [0.2, 0.25) is 27.6 Å². The summed E-state index contributed by atoms with van der Waals surface area (Å²) >= 11 is 6.26. The number of halogens is 1. The van der Waals surface area contributed by atoms with E-state index in [1.54, 1.807) is 13.0 Å². The van der Waals surface area contributed by atoms with Gasteiger partial charge in [-0.2, -0.15) is 9.29 Å². The molecule has 0 spiro atoms. The monoisotopic (exact) mass is 480 g/mol. The van der Waals surface area contributed by atoms with E-state index >= 15 is 0 Å². The Bertz CT molecular complexity index is 1060. The highest BCUT2D eigenvalue weighted by atomic mass is 35.5. The minimum atomic E-state index is -3.81. The van der Waals surface area contributed by atoms with Gasteiger partial charge in [0.15, 0.2) is 0 Å². The summed E-state index contributed by atoms with van der Waals surface area (Å²) < 4.78 is 33.0. The van der Waals surface area contributed by atoms with Gasteiger partial charge < -0.3 is 9.84 Å². The zero-order valence-electron chi connectivity index (χ0n) is 18.2. The molecule has 0 atom stereocenters. The summed E-state index contributed by atoms with van der Waals surface area (Å²) in [6.45, 7) is 2.24. The number of nitrogens with zero attached hydrogens (tertiary/aromatic N) is 3. The Labute approximate surface area is 193 Å². The number of hydrogen-bond acceptors (Lipinski definition) is 6. The van der Waals surface area contributed by atoms with Crippen LogP contribution in [0.1, 0.15) is 57.3 Å². The third-order valence-electron chi connectivity index (χ3n) is 6.36. The molecule has 1 aromatic carbocycles. The van der Waals surface area contributed by atoms with E-state index in [0.717, 1.165) is 25.7 Å². The van der Waals surface area contributed by atoms with Crippen molar-refractivity contribution < 1.29 is 17.7 Å². The van der Waals surface area contributed by atoms with Crippen molar-refractivity contribution in [3.05, 3.63) is 29.1 Å². The molecule has 8 nitrogen and oxygen atoms in total. The van der Waals surface area contributed by atoms with E-state index in [2.05, 4.69) is 15.5 Å². The summed E-state index contributed by atoms with van der Waals surface area (Å²) in [5.41, 5.74) is 0.516. The Balaban J connectivity index is 1.42. The molecule has 1 saturated carbocycles. The maximum absolute atomic E-state index is 13.3. The van der Waals surface area contributed by atoms with Crippen LogP contribution in [0.2, 0.25) is 5.02 Å². The van der Waals surface area contributed by atoms with Crippen LogP contribution in [0.5, 0.6) is 0 Å². The first-order valence-electron chi connectivity index (χ1n) is 11.3. The summed E-state index contributed by atoms with van der Waals surface area (Å²) in [7, 11) is -3.81. The average molecular weight is 481 g/mol. The van der Waals surface area contributed by atoms with E-state index in [-0.39, 0.29) is 40.9 Å². The van der Waals surface area contributed by atoms with Gasteiger partial charge in [0.05, 0.1) is 5.02 Å². The fraction of sp³-hybridized carbons (Fsp3) is 0.591. The minimum absolute atomic E-state index is 0.0143. The van der Waals surface area contributed by atoms with E-state index < -0.39 is 10.0 Å². The standard InChI is InChI=1S/C22H29ClN4O4S/c1-15-24-21(26-31-15)17-8-9-19(23)20(14-17)32(29,30)27-12-10-16(11-13-27)22(28)25-18-6-4-2-3-5-7-18/h8-9,14,16,18H,2-7,10-13H2,1H3,(H,25,28). The first-order chi connectivity index (χ1) is 15.3. The largest absolute Gasteiger partial charge is 0.353 e. The van der Waals surface area contributed by atoms with E-state index in [1.807, 2.05) is 0 Å². The molecule has 1 saturated heterocycles. The van der Waals surface area contributed by atoms with Crippen LogP contribution in [-0.4, -0.2) is 47.9 Å². The topological polar surface area (TPSA) is 105 Å². The number of amides is 1. The average Bonchev–Trinajstić information content (AvgIpc) is 3.05. The SMILES string of the molecule is Cc1nc(-c2ccc(Cl)c(S(=O)(=O)N3CCC(C(=O)NC4CCCCCC4)CC3)c2)no1. The van der Waals surface area contributed by atoms with Crippen LogP contribution in [-0.2, 0) is 14.8 Å². The van der Waals surface area contributed by atoms with Gasteiger partial charge in [-0.15, -0.1) is 0 Å². The molecule has 32 heavy (non-hydrogen) atoms. The van der Waals surface area contributed by atoms with Gasteiger partial charge in [-0.25, -0.2) is 8.42 Å². The van der Waals surface area contributed by atoms with Crippen LogP contribution in [0.4, 0.5) is 0 Å². The Morgan fingerprint density at radius 3 is 2.44 bits per heavy atom. The second-order valence-electron chi connectivity index (χ2n) is 8.66. The number of aromatic nitrogens is 2. The minimum Gasteiger partial charge on any atom is -0.353 e. The van der Waals surface area contributed by atoms with Gasteiger partial charge in [0, 0.05) is 37.5 Å². The molecule has 4 rings (SSSR count). The fourth-order valence-corrected chi connectivity index (χ4v) is 6.47. The zero-order chi connectivity index (χ0) is 22.7. The molecule has 0 unspecified atom stereocenters. The summed E-state index contributed by atoms with van der Waals surface area (Å²) in [4.78, 5) is 16.9. The Morgan fingerprint density at radius 2 is 1.81 bits per heavy atom. The second-order valence-corrected chi connectivity index (χ2v) is 11.0. The number of piperidine rings is 1. The highest BCUT2D eigenvalue weighted by molar-refractivity contribution is 7.89. The van der Waals surface area contributed by atoms with Crippen molar-refractivity contribution >= 4 is 27.5 Å². The van der Waals surface area contributed by atoms with Gasteiger partial charge in [-0.1, -0.05) is 42.4 Å². The molecule has 1 aliphatic heterocycles. The number of carbonyl (C=O) groups excluding carboxylic acids is 1. The third-order valence-corrected chi connectivity index (χ3v) is 8.74. The lowest BCUT2D eigenvalue weighted by Crippen LogP contribution is -2.45. The summed E-state index contributed by atoms with van der Waals surface area (Å²) in [5, 5.41) is 7.19. The van der Waals surface area contributed by atoms with Crippen LogP contribution in [0.3, 0.4) is 0 Å². The maximum atomic E-state index is 13.3. The Hall–Kier alpha value is -1.97. The molecular weight excluding hydrogens is 452 g/mol. The van der Waals surface area contributed by atoms with Crippen molar-refractivity contribution in [3.8, 4) is 11.4 Å². The predicted molar refractivity (Wildman–Crippen MR) is 121 cm³/mol. The molecule has 10 heteroatoms. The number of benzene rings is 1. The number of aryl methyl sites for hydroxylation is 1. The highest BCUT2D eigenvalue weighted by Crippen LogP contribution is 2.31. The quantitative estimate of drug-likeness (QED) is 0.650.